The van der Waals surface area contributed by atoms with Crippen LogP contribution < -0.4 is 15.6 Å². The van der Waals surface area contributed by atoms with Crippen LogP contribution in [0, 0.1) is 3.57 Å². The highest BCUT2D eigenvalue weighted by molar-refractivity contribution is 14.1. The van der Waals surface area contributed by atoms with Gasteiger partial charge in [-0.05, 0) is 59.0 Å². The van der Waals surface area contributed by atoms with E-state index in [4.69, 9.17) is 4.74 Å². The lowest BCUT2D eigenvalue weighted by Gasteiger charge is -2.12. The number of hydrogen-bond acceptors (Lipinski definition) is 5. The van der Waals surface area contributed by atoms with Crippen LogP contribution in [0.3, 0.4) is 0 Å². The van der Waals surface area contributed by atoms with E-state index in [0.717, 1.165) is 14.3 Å². The van der Waals surface area contributed by atoms with E-state index in [2.05, 4.69) is 33.0 Å². The standard InChI is InChI=1S/C18H14IN3O4/c1-26-15-5-3-2-4-13(15)22-16(24)10-14(23)17(21-22)18(25)20-12-8-6-11(19)7-9-12/h2-10,23H,1H3,(H,20,25). The topological polar surface area (TPSA) is 93.5 Å². The number of ether oxygens (including phenoxy) is 1. The molecule has 26 heavy (non-hydrogen) atoms. The molecule has 3 aromatic rings. The Labute approximate surface area is 162 Å². The van der Waals surface area contributed by atoms with Crippen molar-refractivity contribution in [3.05, 3.63) is 74.2 Å². The molecule has 0 fully saturated rings. The first-order valence-corrected chi connectivity index (χ1v) is 8.61. The molecule has 3 rings (SSSR count). The molecular weight excluding hydrogens is 449 g/mol. The molecule has 2 aromatic carbocycles. The molecule has 1 heterocycles. The van der Waals surface area contributed by atoms with E-state index >= 15 is 0 Å². The van der Waals surface area contributed by atoms with Crippen molar-refractivity contribution in [1.29, 1.82) is 0 Å². The normalized spacial score (nSPS) is 10.4. The molecule has 1 amide bonds. The second kappa shape index (κ2) is 7.56. The van der Waals surface area contributed by atoms with Gasteiger partial charge in [0.15, 0.2) is 11.4 Å². The second-order valence-corrected chi connectivity index (χ2v) is 6.51. The third-order valence-electron chi connectivity index (χ3n) is 3.54. The minimum atomic E-state index is -0.632. The van der Waals surface area contributed by atoms with E-state index in [-0.39, 0.29) is 5.69 Å². The SMILES string of the molecule is COc1ccccc1-n1nc(C(=O)Nc2ccc(I)cc2)c(O)cc1=O. The first-order chi connectivity index (χ1) is 12.5. The largest absolute Gasteiger partial charge is 0.505 e. The lowest BCUT2D eigenvalue weighted by Crippen LogP contribution is -2.25. The van der Waals surface area contributed by atoms with Gasteiger partial charge in [0.2, 0.25) is 0 Å². The Bertz CT molecular complexity index is 1020. The Hall–Kier alpha value is -2.88. The average Bonchev–Trinajstić information content (AvgIpc) is 2.63. The molecule has 0 aliphatic rings. The third-order valence-corrected chi connectivity index (χ3v) is 4.26. The maximum Gasteiger partial charge on any atom is 0.279 e. The van der Waals surface area contributed by atoms with Gasteiger partial charge in [-0.3, -0.25) is 9.59 Å². The van der Waals surface area contributed by atoms with Gasteiger partial charge in [0.1, 0.15) is 11.4 Å². The number of anilines is 1. The molecule has 0 radical (unpaired) electrons. The van der Waals surface area contributed by atoms with Gasteiger partial charge in [-0.15, -0.1) is 0 Å². The predicted molar refractivity (Wildman–Crippen MR) is 105 cm³/mol. The molecule has 0 bridgehead atoms. The number of carbonyl (C=O) groups excluding carboxylic acids is 1. The summed E-state index contributed by atoms with van der Waals surface area (Å²) in [7, 11) is 1.47. The van der Waals surface area contributed by atoms with Gasteiger partial charge in [-0.25, -0.2) is 0 Å². The number of nitrogens with zero attached hydrogens (tertiary/aromatic N) is 2. The Morgan fingerprint density at radius 3 is 2.58 bits per heavy atom. The number of amides is 1. The van der Waals surface area contributed by atoms with Crippen LogP contribution in [0.2, 0.25) is 0 Å². The summed E-state index contributed by atoms with van der Waals surface area (Å²) >= 11 is 2.15. The molecule has 0 spiro atoms. The van der Waals surface area contributed by atoms with E-state index < -0.39 is 17.2 Å². The van der Waals surface area contributed by atoms with Crippen molar-refractivity contribution >= 4 is 34.2 Å². The number of carbonyl (C=O) groups is 1. The molecular formula is C18H14IN3O4. The van der Waals surface area contributed by atoms with Crippen molar-refractivity contribution < 1.29 is 14.6 Å². The molecule has 0 aliphatic heterocycles. The quantitative estimate of drug-likeness (QED) is 0.581. The van der Waals surface area contributed by atoms with Gasteiger partial charge in [-0.1, -0.05) is 12.1 Å². The number of benzene rings is 2. The van der Waals surface area contributed by atoms with Crippen molar-refractivity contribution in [2.75, 3.05) is 12.4 Å². The second-order valence-electron chi connectivity index (χ2n) is 5.26. The highest BCUT2D eigenvalue weighted by Crippen LogP contribution is 2.22. The zero-order chi connectivity index (χ0) is 18.7. The highest BCUT2D eigenvalue weighted by atomic mass is 127. The van der Waals surface area contributed by atoms with Crippen molar-refractivity contribution in [2.45, 2.75) is 0 Å². The number of aromatic hydroxyl groups is 1. The summed E-state index contributed by atoms with van der Waals surface area (Å²) in [6.45, 7) is 0. The maximum atomic E-state index is 12.5. The Morgan fingerprint density at radius 2 is 1.88 bits per heavy atom. The molecule has 0 saturated carbocycles. The van der Waals surface area contributed by atoms with Crippen LogP contribution in [0.1, 0.15) is 10.5 Å². The molecule has 2 N–H and O–H groups in total. The highest BCUT2D eigenvalue weighted by Gasteiger charge is 2.18. The van der Waals surface area contributed by atoms with E-state index in [1.165, 1.54) is 7.11 Å². The fraction of sp³-hybridized carbons (Fsp3) is 0.0556. The van der Waals surface area contributed by atoms with Crippen molar-refractivity contribution in [3.63, 3.8) is 0 Å². The van der Waals surface area contributed by atoms with E-state index in [9.17, 15) is 14.7 Å². The average molecular weight is 463 g/mol. The Balaban J connectivity index is 2.01. The Morgan fingerprint density at radius 1 is 1.19 bits per heavy atom. The summed E-state index contributed by atoms with van der Waals surface area (Å²) in [6, 6.07) is 14.8. The minimum Gasteiger partial charge on any atom is -0.505 e. The summed E-state index contributed by atoms with van der Waals surface area (Å²) < 4.78 is 7.26. The zero-order valence-corrected chi connectivity index (χ0v) is 15.8. The zero-order valence-electron chi connectivity index (χ0n) is 13.6. The number of nitrogens with one attached hydrogen (secondary N) is 1. The lowest BCUT2D eigenvalue weighted by molar-refractivity contribution is 0.101. The van der Waals surface area contributed by atoms with Crippen LogP contribution in [0.15, 0.2) is 59.4 Å². The molecule has 7 nitrogen and oxygen atoms in total. The predicted octanol–water partition coefficient (Wildman–Crippen LogP) is 2.80. The Kier molecular flexibility index (Phi) is 5.21. The first kappa shape index (κ1) is 17.9. The van der Waals surface area contributed by atoms with E-state index in [1.54, 1.807) is 36.4 Å². The van der Waals surface area contributed by atoms with E-state index in [1.807, 2.05) is 12.1 Å². The number of aromatic nitrogens is 2. The minimum absolute atomic E-state index is 0.269. The summed E-state index contributed by atoms with van der Waals surface area (Å²) in [5, 5.41) is 16.7. The van der Waals surface area contributed by atoms with Crippen molar-refractivity contribution in [3.8, 4) is 17.2 Å². The van der Waals surface area contributed by atoms with Gasteiger partial charge in [0.25, 0.3) is 11.5 Å². The summed E-state index contributed by atoms with van der Waals surface area (Å²) in [5.74, 6) is -0.715. The van der Waals surface area contributed by atoms with Crippen LogP contribution in [-0.2, 0) is 0 Å². The van der Waals surface area contributed by atoms with Gasteiger partial charge in [0.05, 0.1) is 7.11 Å². The third kappa shape index (κ3) is 3.69. The number of hydrogen-bond donors (Lipinski definition) is 2. The van der Waals surface area contributed by atoms with Crippen LogP contribution >= 0.6 is 22.6 Å². The number of rotatable bonds is 4. The van der Waals surface area contributed by atoms with Crippen molar-refractivity contribution in [1.82, 2.24) is 9.78 Å². The first-order valence-electron chi connectivity index (χ1n) is 7.53. The van der Waals surface area contributed by atoms with Gasteiger partial charge in [-0.2, -0.15) is 9.78 Å². The maximum absolute atomic E-state index is 12.5. The summed E-state index contributed by atoms with van der Waals surface area (Å²) in [6.07, 6.45) is 0. The monoisotopic (exact) mass is 463 g/mol. The molecule has 0 unspecified atom stereocenters. The molecule has 0 aliphatic carbocycles. The summed E-state index contributed by atoms with van der Waals surface area (Å²) in [5.41, 5.74) is 0.0573. The smallest absolute Gasteiger partial charge is 0.279 e. The van der Waals surface area contributed by atoms with Crippen LogP contribution in [0.5, 0.6) is 11.5 Å². The lowest BCUT2D eigenvalue weighted by atomic mass is 10.2. The fourth-order valence-corrected chi connectivity index (χ4v) is 2.67. The van der Waals surface area contributed by atoms with Crippen LogP contribution in [0.25, 0.3) is 5.69 Å². The molecule has 1 aromatic heterocycles. The number of methoxy groups -OCH3 is 1. The van der Waals surface area contributed by atoms with Crippen LogP contribution in [-0.4, -0.2) is 27.9 Å². The molecule has 0 saturated heterocycles. The molecule has 132 valence electrons. The summed E-state index contributed by atoms with van der Waals surface area (Å²) in [4.78, 5) is 24.7. The molecule has 8 heteroatoms. The van der Waals surface area contributed by atoms with Crippen molar-refractivity contribution in [2.24, 2.45) is 0 Å². The number of halogens is 1. The fourth-order valence-electron chi connectivity index (χ4n) is 2.31. The molecule has 0 atom stereocenters. The van der Waals surface area contributed by atoms with Gasteiger partial charge >= 0.3 is 0 Å². The number of para-hydroxylation sites is 2. The van der Waals surface area contributed by atoms with Crippen LogP contribution in [0.4, 0.5) is 5.69 Å². The van der Waals surface area contributed by atoms with Gasteiger partial charge < -0.3 is 15.2 Å². The van der Waals surface area contributed by atoms with E-state index in [0.29, 0.717) is 17.1 Å². The van der Waals surface area contributed by atoms with Gasteiger partial charge in [0, 0.05) is 15.3 Å².